The molecule has 0 spiro atoms. The minimum absolute atomic E-state index is 0.377. The van der Waals surface area contributed by atoms with Crippen molar-refractivity contribution < 1.29 is 23.8 Å². The predicted octanol–water partition coefficient (Wildman–Crippen LogP) is 5.38. The van der Waals surface area contributed by atoms with Gasteiger partial charge in [-0.25, -0.2) is 4.79 Å². The summed E-state index contributed by atoms with van der Waals surface area (Å²) in [5, 5.41) is 2.86. The number of ether oxygens (including phenoxy) is 3. The van der Waals surface area contributed by atoms with Gasteiger partial charge in [-0.3, -0.25) is 4.79 Å². The number of aryl methyl sites for hydroxylation is 3. The minimum Gasteiger partial charge on any atom is -0.490 e. The normalized spacial score (nSPS) is 11.8. The van der Waals surface area contributed by atoms with Crippen LogP contribution in [0.5, 0.6) is 11.5 Å². The lowest BCUT2D eigenvalue weighted by Gasteiger charge is -2.16. The Labute approximate surface area is 190 Å². The number of benzene rings is 2. The third kappa shape index (κ3) is 7.15. The fourth-order valence-corrected chi connectivity index (χ4v) is 3.26. The Balaban J connectivity index is 2.00. The van der Waals surface area contributed by atoms with Crippen LogP contribution in [0.1, 0.15) is 49.4 Å². The highest BCUT2D eigenvalue weighted by molar-refractivity contribution is 5.97. The van der Waals surface area contributed by atoms with Crippen molar-refractivity contribution in [3.8, 4) is 11.5 Å². The van der Waals surface area contributed by atoms with Gasteiger partial charge in [-0.2, -0.15) is 0 Å². The van der Waals surface area contributed by atoms with Crippen LogP contribution < -0.4 is 14.8 Å². The van der Waals surface area contributed by atoms with Gasteiger partial charge in [-0.1, -0.05) is 30.7 Å². The van der Waals surface area contributed by atoms with Gasteiger partial charge in [0.15, 0.2) is 17.6 Å². The molecule has 2 rings (SSSR count). The zero-order chi connectivity index (χ0) is 23.7. The summed E-state index contributed by atoms with van der Waals surface area (Å²) in [5.41, 5.74) is 4.56. The quantitative estimate of drug-likeness (QED) is 0.397. The van der Waals surface area contributed by atoms with E-state index in [9.17, 15) is 9.59 Å². The van der Waals surface area contributed by atoms with Crippen LogP contribution in [0.15, 0.2) is 36.4 Å². The fourth-order valence-electron chi connectivity index (χ4n) is 3.26. The van der Waals surface area contributed by atoms with E-state index in [1.54, 1.807) is 19.1 Å². The molecule has 0 bridgehead atoms. The van der Waals surface area contributed by atoms with Crippen LogP contribution in [0.2, 0.25) is 0 Å². The van der Waals surface area contributed by atoms with Crippen LogP contribution in [0.25, 0.3) is 6.08 Å². The van der Waals surface area contributed by atoms with Gasteiger partial charge >= 0.3 is 5.97 Å². The molecule has 1 amide bonds. The van der Waals surface area contributed by atoms with Crippen molar-refractivity contribution in [3.63, 3.8) is 0 Å². The molecule has 0 aliphatic carbocycles. The molecule has 0 heterocycles. The molecule has 32 heavy (non-hydrogen) atoms. The standard InChI is InChI=1S/C26H33NO5/c1-7-13-31-22-11-9-21(16-23(22)30-8-2)10-12-24(28)32-20(6)26(29)27-25-18(4)14-17(3)15-19(25)5/h9-12,14-16,20H,7-8,13H2,1-6H3,(H,27,29)/b12-10+. The van der Waals surface area contributed by atoms with E-state index in [1.165, 1.54) is 6.08 Å². The van der Waals surface area contributed by atoms with Crippen molar-refractivity contribution in [3.05, 3.63) is 58.7 Å². The maximum atomic E-state index is 12.5. The first-order chi connectivity index (χ1) is 15.2. The Bertz CT molecular complexity index is 957. The largest absolute Gasteiger partial charge is 0.490 e. The summed E-state index contributed by atoms with van der Waals surface area (Å²) in [6.45, 7) is 12.5. The van der Waals surface area contributed by atoms with Gasteiger partial charge in [0, 0.05) is 11.8 Å². The summed E-state index contributed by atoms with van der Waals surface area (Å²) in [6.07, 6.45) is 2.88. The Morgan fingerprint density at radius 3 is 2.31 bits per heavy atom. The highest BCUT2D eigenvalue weighted by atomic mass is 16.5. The van der Waals surface area contributed by atoms with Crippen LogP contribution in [-0.4, -0.2) is 31.2 Å². The molecule has 2 aromatic carbocycles. The highest BCUT2D eigenvalue weighted by Gasteiger charge is 2.18. The van der Waals surface area contributed by atoms with E-state index in [4.69, 9.17) is 14.2 Å². The fraction of sp³-hybridized carbons (Fsp3) is 0.385. The van der Waals surface area contributed by atoms with Gasteiger partial charge < -0.3 is 19.5 Å². The molecule has 0 aliphatic rings. The van der Waals surface area contributed by atoms with Crippen LogP contribution in [0.4, 0.5) is 5.69 Å². The molecule has 172 valence electrons. The van der Waals surface area contributed by atoms with Crippen LogP contribution in [0, 0.1) is 20.8 Å². The average Bonchev–Trinajstić information content (AvgIpc) is 2.74. The summed E-state index contributed by atoms with van der Waals surface area (Å²) in [5.74, 6) is 0.306. The van der Waals surface area contributed by atoms with E-state index in [2.05, 4.69) is 5.32 Å². The Morgan fingerprint density at radius 2 is 1.69 bits per heavy atom. The van der Waals surface area contributed by atoms with Crippen molar-refractivity contribution >= 4 is 23.6 Å². The van der Waals surface area contributed by atoms with E-state index in [0.717, 1.165) is 34.4 Å². The molecule has 2 aromatic rings. The second-order valence-electron chi connectivity index (χ2n) is 7.66. The summed E-state index contributed by atoms with van der Waals surface area (Å²) < 4.78 is 16.6. The van der Waals surface area contributed by atoms with Gasteiger partial charge in [-0.05, 0) is 75.9 Å². The Hall–Kier alpha value is -3.28. The molecule has 1 atom stereocenters. The molecule has 0 aliphatic heterocycles. The molecule has 1 unspecified atom stereocenters. The summed E-state index contributed by atoms with van der Waals surface area (Å²) >= 11 is 0. The number of rotatable bonds is 10. The smallest absolute Gasteiger partial charge is 0.331 e. The van der Waals surface area contributed by atoms with Crippen molar-refractivity contribution in [1.29, 1.82) is 0 Å². The number of amides is 1. The van der Waals surface area contributed by atoms with E-state index in [0.29, 0.717) is 24.7 Å². The molecule has 0 aromatic heterocycles. The molecule has 0 radical (unpaired) electrons. The summed E-state index contributed by atoms with van der Waals surface area (Å²) in [7, 11) is 0. The first-order valence-electron chi connectivity index (χ1n) is 10.9. The lowest BCUT2D eigenvalue weighted by molar-refractivity contribution is -0.148. The van der Waals surface area contributed by atoms with Crippen molar-refractivity contribution in [2.24, 2.45) is 0 Å². The average molecular weight is 440 g/mol. The van der Waals surface area contributed by atoms with Crippen molar-refractivity contribution in [1.82, 2.24) is 0 Å². The number of carbonyl (C=O) groups excluding carboxylic acids is 2. The molecule has 1 N–H and O–H groups in total. The molecule has 0 saturated heterocycles. The molecular weight excluding hydrogens is 406 g/mol. The van der Waals surface area contributed by atoms with Gasteiger partial charge in [0.05, 0.1) is 13.2 Å². The van der Waals surface area contributed by atoms with Gasteiger partial charge in [-0.15, -0.1) is 0 Å². The minimum atomic E-state index is -0.934. The maximum Gasteiger partial charge on any atom is 0.331 e. The lowest BCUT2D eigenvalue weighted by atomic mass is 10.0. The number of nitrogens with one attached hydrogen (secondary N) is 1. The zero-order valence-corrected chi connectivity index (χ0v) is 19.8. The number of anilines is 1. The number of carbonyl (C=O) groups is 2. The predicted molar refractivity (Wildman–Crippen MR) is 127 cm³/mol. The maximum absolute atomic E-state index is 12.5. The van der Waals surface area contributed by atoms with Crippen LogP contribution >= 0.6 is 0 Å². The van der Waals surface area contributed by atoms with Crippen LogP contribution in [-0.2, 0) is 14.3 Å². The van der Waals surface area contributed by atoms with E-state index < -0.39 is 12.1 Å². The monoisotopic (exact) mass is 439 g/mol. The van der Waals surface area contributed by atoms with Crippen molar-refractivity contribution in [2.75, 3.05) is 18.5 Å². The number of esters is 1. The van der Waals surface area contributed by atoms with Crippen molar-refractivity contribution in [2.45, 2.75) is 54.1 Å². The Kier molecular flexibility index (Phi) is 9.32. The zero-order valence-electron chi connectivity index (χ0n) is 19.8. The SMILES string of the molecule is CCCOc1ccc(/C=C/C(=O)OC(C)C(=O)Nc2c(C)cc(C)cc2C)cc1OCC. The Morgan fingerprint density at radius 1 is 1.00 bits per heavy atom. The molecular formula is C26H33NO5. The van der Waals surface area contributed by atoms with E-state index >= 15 is 0 Å². The second kappa shape index (κ2) is 11.9. The first kappa shape index (κ1) is 25.0. The second-order valence-corrected chi connectivity index (χ2v) is 7.66. The topological polar surface area (TPSA) is 73.9 Å². The summed E-state index contributed by atoms with van der Waals surface area (Å²) in [4.78, 5) is 24.7. The highest BCUT2D eigenvalue weighted by Crippen LogP contribution is 2.29. The molecule has 6 nitrogen and oxygen atoms in total. The summed E-state index contributed by atoms with van der Waals surface area (Å²) in [6, 6.07) is 9.44. The van der Waals surface area contributed by atoms with Gasteiger partial charge in [0.25, 0.3) is 5.91 Å². The number of hydrogen-bond acceptors (Lipinski definition) is 5. The van der Waals surface area contributed by atoms with E-state index in [1.807, 2.05) is 58.9 Å². The first-order valence-corrected chi connectivity index (χ1v) is 10.9. The third-order valence-electron chi connectivity index (χ3n) is 4.73. The molecule has 0 saturated carbocycles. The van der Waals surface area contributed by atoms with E-state index in [-0.39, 0.29) is 5.91 Å². The number of hydrogen-bond donors (Lipinski definition) is 1. The lowest BCUT2D eigenvalue weighted by Crippen LogP contribution is -2.30. The van der Waals surface area contributed by atoms with Gasteiger partial charge in [0.1, 0.15) is 0 Å². The van der Waals surface area contributed by atoms with Gasteiger partial charge in [0.2, 0.25) is 0 Å². The molecule has 0 fully saturated rings. The van der Waals surface area contributed by atoms with Crippen LogP contribution in [0.3, 0.4) is 0 Å². The molecule has 6 heteroatoms. The third-order valence-corrected chi connectivity index (χ3v) is 4.73.